The molecule has 2 atom stereocenters. The van der Waals surface area contributed by atoms with Gasteiger partial charge in [-0.25, -0.2) is 4.79 Å². The minimum absolute atomic E-state index is 0.337. The number of nitrogens with one attached hydrogen (secondary N) is 1. The quantitative estimate of drug-likeness (QED) is 0.815. The van der Waals surface area contributed by atoms with Crippen LogP contribution in [0.3, 0.4) is 0 Å². The molecule has 1 aromatic carbocycles. The zero-order chi connectivity index (χ0) is 12.4. The van der Waals surface area contributed by atoms with Crippen LogP contribution in [-0.4, -0.2) is 36.2 Å². The van der Waals surface area contributed by atoms with Crippen LogP contribution in [0.25, 0.3) is 0 Å². The van der Waals surface area contributed by atoms with E-state index in [1.807, 2.05) is 12.1 Å². The molecule has 1 saturated heterocycles. The molecule has 1 fully saturated rings. The summed E-state index contributed by atoms with van der Waals surface area (Å²) in [7, 11) is 0. The Bertz CT molecular complexity index is 392. The number of carboxylic acids is 1. The fourth-order valence-corrected chi connectivity index (χ4v) is 2.42. The lowest BCUT2D eigenvalue weighted by atomic mass is 10.1. The van der Waals surface area contributed by atoms with Gasteiger partial charge in [-0.05, 0) is 38.1 Å². The summed E-state index contributed by atoms with van der Waals surface area (Å²) < 4.78 is 0. The van der Waals surface area contributed by atoms with Crippen LogP contribution in [0.15, 0.2) is 24.3 Å². The van der Waals surface area contributed by atoms with Gasteiger partial charge in [0.1, 0.15) is 0 Å². The molecule has 0 amide bonds. The highest BCUT2D eigenvalue weighted by molar-refractivity contribution is 5.88. The van der Waals surface area contributed by atoms with E-state index in [9.17, 15) is 4.79 Å². The molecule has 0 aromatic heterocycles. The maximum atomic E-state index is 10.8. The van der Waals surface area contributed by atoms with Crippen LogP contribution in [0.5, 0.6) is 0 Å². The molecule has 2 N–H and O–H groups in total. The van der Waals surface area contributed by atoms with Gasteiger partial charge < -0.3 is 15.3 Å². The Labute approximate surface area is 101 Å². The number of carbonyl (C=O) groups is 1. The number of carboxylic acid groups (broad SMARTS) is 1. The second kappa shape index (κ2) is 4.75. The van der Waals surface area contributed by atoms with E-state index in [2.05, 4.69) is 24.1 Å². The zero-order valence-electron chi connectivity index (χ0n) is 10.2. The van der Waals surface area contributed by atoms with Crippen molar-refractivity contribution in [2.45, 2.75) is 25.9 Å². The van der Waals surface area contributed by atoms with E-state index in [1.165, 1.54) is 0 Å². The van der Waals surface area contributed by atoms with Crippen LogP contribution in [0.1, 0.15) is 24.2 Å². The topological polar surface area (TPSA) is 52.6 Å². The van der Waals surface area contributed by atoms with Crippen LogP contribution in [-0.2, 0) is 0 Å². The number of hydrogen-bond donors (Lipinski definition) is 2. The first kappa shape index (κ1) is 11.9. The summed E-state index contributed by atoms with van der Waals surface area (Å²) >= 11 is 0. The summed E-state index contributed by atoms with van der Waals surface area (Å²) in [5.41, 5.74) is 1.43. The van der Waals surface area contributed by atoms with Crippen molar-refractivity contribution in [2.75, 3.05) is 18.0 Å². The van der Waals surface area contributed by atoms with Crippen molar-refractivity contribution < 1.29 is 9.90 Å². The van der Waals surface area contributed by atoms with E-state index in [0.29, 0.717) is 17.6 Å². The lowest BCUT2D eigenvalue weighted by Gasteiger charge is -2.41. The highest BCUT2D eigenvalue weighted by Gasteiger charge is 2.24. The maximum absolute atomic E-state index is 10.8. The lowest BCUT2D eigenvalue weighted by molar-refractivity contribution is 0.0697. The molecule has 4 nitrogen and oxygen atoms in total. The van der Waals surface area contributed by atoms with Gasteiger partial charge in [0.25, 0.3) is 0 Å². The number of nitrogens with zero attached hydrogens (tertiary/aromatic N) is 1. The van der Waals surface area contributed by atoms with Crippen molar-refractivity contribution in [1.82, 2.24) is 5.32 Å². The fraction of sp³-hybridized carbons (Fsp3) is 0.462. The molecule has 0 radical (unpaired) electrons. The van der Waals surface area contributed by atoms with Crippen molar-refractivity contribution in [2.24, 2.45) is 0 Å². The van der Waals surface area contributed by atoms with Gasteiger partial charge in [-0.15, -0.1) is 0 Å². The molecular formula is C13H18N2O2. The highest BCUT2D eigenvalue weighted by Crippen LogP contribution is 2.22. The Kier molecular flexibility index (Phi) is 3.33. The molecule has 17 heavy (non-hydrogen) atoms. The molecule has 0 unspecified atom stereocenters. The van der Waals surface area contributed by atoms with Crippen molar-refractivity contribution in [3.8, 4) is 0 Å². The average molecular weight is 234 g/mol. The Balaban J connectivity index is 2.23. The molecule has 92 valence electrons. The van der Waals surface area contributed by atoms with Gasteiger partial charge in [-0.2, -0.15) is 0 Å². The SMILES string of the molecule is C[C@H]1CNC[C@H](C)N1c1ccc(C(=O)O)cc1. The number of hydrogen-bond acceptors (Lipinski definition) is 3. The Morgan fingerprint density at radius 1 is 1.24 bits per heavy atom. The van der Waals surface area contributed by atoms with Crippen LogP contribution in [0.2, 0.25) is 0 Å². The first-order valence-corrected chi connectivity index (χ1v) is 5.92. The van der Waals surface area contributed by atoms with Gasteiger partial charge >= 0.3 is 5.97 Å². The molecule has 0 spiro atoms. The predicted molar refractivity (Wildman–Crippen MR) is 67.7 cm³/mol. The van der Waals surface area contributed by atoms with Crippen LogP contribution >= 0.6 is 0 Å². The fourth-order valence-electron chi connectivity index (χ4n) is 2.42. The summed E-state index contributed by atoms with van der Waals surface area (Å²) in [5.74, 6) is -0.877. The van der Waals surface area contributed by atoms with Crippen molar-refractivity contribution in [1.29, 1.82) is 0 Å². The summed E-state index contributed by atoms with van der Waals surface area (Å²) in [6.45, 7) is 6.28. The van der Waals surface area contributed by atoms with Crippen LogP contribution in [0, 0.1) is 0 Å². The third-order valence-corrected chi connectivity index (χ3v) is 3.24. The normalized spacial score (nSPS) is 24.7. The van der Waals surface area contributed by atoms with E-state index in [4.69, 9.17) is 5.11 Å². The largest absolute Gasteiger partial charge is 0.478 e. The van der Waals surface area contributed by atoms with Gasteiger partial charge in [0.05, 0.1) is 5.56 Å². The Hall–Kier alpha value is -1.55. The van der Waals surface area contributed by atoms with E-state index in [0.717, 1.165) is 18.8 Å². The van der Waals surface area contributed by atoms with Gasteiger partial charge in [0, 0.05) is 30.9 Å². The highest BCUT2D eigenvalue weighted by atomic mass is 16.4. The molecule has 1 aromatic rings. The standard InChI is InChI=1S/C13H18N2O2/c1-9-7-14-8-10(2)15(9)12-5-3-11(4-6-12)13(16)17/h3-6,9-10,14H,7-8H2,1-2H3,(H,16,17)/t9-,10-/m0/s1. The molecule has 0 aliphatic carbocycles. The smallest absolute Gasteiger partial charge is 0.335 e. The Morgan fingerprint density at radius 2 is 1.76 bits per heavy atom. The summed E-state index contributed by atoms with van der Waals surface area (Å²) in [5, 5.41) is 12.2. The van der Waals surface area contributed by atoms with Crippen molar-refractivity contribution in [3.05, 3.63) is 29.8 Å². The number of aromatic carboxylic acids is 1. The summed E-state index contributed by atoms with van der Waals surface area (Å²) in [6, 6.07) is 7.96. The molecule has 0 saturated carbocycles. The predicted octanol–water partition coefficient (Wildman–Crippen LogP) is 1.57. The second-order valence-electron chi connectivity index (χ2n) is 4.62. The van der Waals surface area contributed by atoms with Gasteiger partial charge in [0.2, 0.25) is 0 Å². The molecule has 2 rings (SSSR count). The zero-order valence-corrected chi connectivity index (χ0v) is 10.2. The van der Waals surface area contributed by atoms with E-state index in [1.54, 1.807) is 12.1 Å². The second-order valence-corrected chi connectivity index (χ2v) is 4.62. The van der Waals surface area contributed by atoms with Crippen LogP contribution < -0.4 is 10.2 Å². The molecular weight excluding hydrogens is 216 g/mol. The van der Waals surface area contributed by atoms with Gasteiger partial charge in [-0.1, -0.05) is 0 Å². The third kappa shape index (κ3) is 2.42. The van der Waals surface area contributed by atoms with E-state index >= 15 is 0 Å². The molecule has 1 aliphatic heterocycles. The minimum Gasteiger partial charge on any atom is -0.478 e. The van der Waals surface area contributed by atoms with Crippen molar-refractivity contribution in [3.63, 3.8) is 0 Å². The Morgan fingerprint density at radius 3 is 2.24 bits per heavy atom. The molecule has 0 bridgehead atoms. The number of anilines is 1. The first-order chi connectivity index (χ1) is 8.09. The molecule has 1 heterocycles. The minimum atomic E-state index is -0.877. The third-order valence-electron chi connectivity index (χ3n) is 3.24. The number of benzene rings is 1. The summed E-state index contributed by atoms with van der Waals surface area (Å²) in [6.07, 6.45) is 0. The maximum Gasteiger partial charge on any atom is 0.335 e. The molecule has 1 aliphatic rings. The number of piperazine rings is 1. The van der Waals surface area contributed by atoms with Gasteiger partial charge in [-0.3, -0.25) is 0 Å². The van der Waals surface area contributed by atoms with E-state index < -0.39 is 5.97 Å². The number of rotatable bonds is 2. The van der Waals surface area contributed by atoms with E-state index in [-0.39, 0.29) is 0 Å². The molecule has 4 heteroatoms. The monoisotopic (exact) mass is 234 g/mol. The lowest BCUT2D eigenvalue weighted by Crippen LogP contribution is -2.55. The van der Waals surface area contributed by atoms with Crippen LogP contribution in [0.4, 0.5) is 5.69 Å². The average Bonchev–Trinajstić information content (AvgIpc) is 2.29. The van der Waals surface area contributed by atoms with Gasteiger partial charge in [0.15, 0.2) is 0 Å². The summed E-state index contributed by atoms with van der Waals surface area (Å²) in [4.78, 5) is 13.1. The first-order valence-electron chi connectivity index (χ1n) is 5.92. The van der Waals surface area contributed by atoms with Crippen molar-refractivity contribution >= 4 is 11.7 Å².